The second-order valence-electron chi connectivity index (χ2n) is 9.68. The van der Waals surface area contributed by atoms with Gasteiger partial charge in [0.1, 0.15) is 5.69 Å². The van der Waals surface area contributed by atoms with E-state index in [1.807, 2.05) is 11.0 Å². The van der Waals surface area contributed by atoms with Gasteiger partial charge >= 0.3 is 0 Å². The first-order valence-electron chi connectivity index (χ1n) is 11.6. The van der Waals surface area contributed by atoms with Crippen molar-refractivity contribution < 1.29 is 4.79 Å². The number of aromatic amines is 1. The van der Waals surface area contributed by atoms with Gasteiger partial charge in [0.15, 0.2) is 0 Å². The first-order chi connectivity index (χ1) is 15.1. The number of nitrogens with one attached hydrogen (secondary N) is 2. The molecule has 1 spiro atoms. The van der Waals surface area contributed by atoms with Crippen molar-refractivity contribution in [3.05, 3.63) is 65.4 Å². The Morgan fingerprint density at radius 1 is 1.13 bits per heavy atom. The summed E-state index contributed by atoms with van der Waals surface area (Å²) in [5.74, 6) is 0.0796. The Kier molecular flexibility index (Phi) is 4.44. The quantitative estimate of drug-likeness (QED) is 0.670. The average molecular weight is 415 g/mol. The minimum absolute atomic E-state index is 0.0479. The molecule has 2 N–H and O–H groups in total. The number of hydrogen-bond donors (Lipinski definition) is 2. The molecule has 160 valence electrons. The number of aryl methyl sites for hydroxylation is 1. The lowest BCUT2D eigenvalue weighted by Crippen LogP contribution is -2.47. The number of fused-ring (bicyclic) bond motifs is 3. The number of benzene rings is 2. The van der Waals surface area contributed by atoms with Gasteiger partial charge in [-0.2, -0.15) is 0 Å². The van der Waals surface area contributed by atoms with Crippen LogP contribution < -0.4 is 10.2 Å². The molecule has 0 radical (unpaired) electrons. The summed E-state index contributed by atoms with van der Waals surface area (Å²) < 4.78 is 0. The zero-order valence-corrected chi connectivity index (χ0v) is 18.2. The van der Waals surface area contributed by atoms with Crippen LogP contribution >= 0.6 is 0 Å². The van der Waals surface area contributed by atoms with Crippen molar-refractivity contribution in [1.82, 2.24) is 15.2 Å². The molecule has 5 nitrogen and oxygen atoms in total. The number of H-pyrrole nitrogens is 1. The highest BCUT2D eigenvalue weighted by Gasteiger charge is 2.49. The van der Waals surface area contributed by atoms with Crippen LogP contribution in [0.1, 0.15) is 40.9 Å². The minimum atomic E-state index is 0.0479. The topological polar surface area (TPSA) is 51.4 Å². The summed E-state index contributed by atoms with van der Waals surface area (Å²) in [5.41, 5.74) is 5.39. The number of anilines is 1. The molecular weight excluding hydrogens is 384 g/mol. The molecule has 3 aliphatic heterocycles. The van der Waals surface area contributed by atoms with Gasteiger partial charge in [-0.3, -0.25) is 9.69 Å². The zero-order chi connectivity index (χ0) is 21.0. The van der Waals surface area contributed by atoms with E-state index in [2.05, 4.69) is 64.6 Å². The zero-order valence-electron chi connectivity index (χ0n) is 18.2. The molecule has 2 aromatic carbocycles. The monoisotopic (exact) mass is 414 g/mol. The van der Waals surface area contributed by atoms with Gasteiger partial charge in [-0.1, -0.05) is 29.8 Å². The molecular formula is C26H30N4O. The van der Waals surface area contributed by atoms with Crippen LogP contribution in [-0.2, 0) is 5.41 Å². The van der Waals surface area contributed by atoms with Crippen LogP contribution in [0.15, 0.2) is 48.5 Å². The van der Waals surface area contributed by atoms with E-state index in [-0.39, 0.29) is 11.3 Å². The maximum Gasteiger partial charge on any atom is 0.274 e. The van der Waals surface area contributed by atoms with Gasteiger partial charge in [-0.05, 0) is 69.1 Å². The highest BCUT2D eigenvalue weighted by Crippen LogP contribution is 2.47. The highest BCUT2D eigenvalue weighted by molar-refractivity contribution is 6.09. The van der Waals surface area contributed by atoms with Gasteiger partial charge in [0, 0.05) is 47.7 Å². The molecule has 0 bridgehead atoms. The average Bonchev–Trinajstić information content (AvgIpc) is 3.50. The van der Waals surface area contributed by atoms with Crippen LogP contribution in [0.4, 0.5) is 5.69 Å². The van der Waals surface area contributed by atoms with Crippen molar-refractivity contribution in [2.45, 2.75) is 37.6 Å². The molecule has 0 saturated carbocycles. The van der Waals surface area contributed by atoms with Gasteiger partial charge < -0.3 is 15.2 Å². The SMILES string of the molecule is Cc1ccc2[nH]c(C(=O)N3C[C@]4(CCN(C5CCCNC5)C4)c4ccccc43)cc2c1. The first kappa shape index (κ1) is 19.1. The van der Waals surface area contributed by atoms with Crippen LogP contribution in [0.5, 0.6) is 0 Å². The summed E-state index contributed by atoms with van der Waals surface area (Å²) in [7, 11) is 0. The van der Waals surface area contributed by atoms with E-state index in [1.54, 1.807) is 0 Å². The predicted octanol–water partition coefficient (Wildman–Crippen LogP) is 3.83. The molecule has 4 heterocycles. The molecule has 0 aliphatic carbocycles. The number of amides is 1. The largest absolute Gasteiger partial charge is 0.351 e. The predicted molar refractivity (Wildman–Crippen MR) is 125 cm³/mol. The maximum absolute atomic E-state index is 13.7. The Balaban J connectivity index is 1.32. The van der Waals surface area contributed by atoms with E-state index in [0.717, 1.165) is 55.7 Å². The lowest BCUT2D eigenvalue weighted by Gasteiger charge is -2.33. The Morgan fingerprint density at radius 3 is 2.90 bits per heavy atom. The fraction of sp³-hybridized carbons (Fsp3) is 0.423. The van der Waals surface area contributed by atoms with Crippen LogP contribution in [0, 0.1) is 6.92 Å². The van der Waals surface area contributed by atoms with E-state index in [9.17, 15) is 4.79 Å². The number of para-hydroxylation sites is 1. The summed E-state index contributed by atoms with van der Waals surface area (Å²) >= 11 is 0. The number of hydrogen-bond acceptors (Lipinski definition) is 3. The molecule has 6 rings (SSSR count). The molecule has 1 aromatic heterocycles. The number of likely N-dealkylation sites (tertiary alicyclic amines) is 1. The smallest absolute Gasteiger partial charge is 0.274 e. The normalized spacial score (nSPS) is 26.1. The molecule has 2 atom stereocenters. The fourth-order valence-corrected chi connectivity index (χ4v) is 6.03. The third-order valence-electron chi connectivity index (χ3n) is 7.65. The summed E-state index contributed by atoms with van der Waals surface area (Å²) in [6.07, 6.45) is 3.66. The second kappa shape index (κ2) is 7.21. The number of carbonyl (C=O) groups is 1. The van der Waals surface area contributed by atoms with Crippen molar-refractivity contribution in [2.24, 2.45) is 0 Å². The van der Waals surface area contributed by atoms with Crippen molar-refractivity contribution in [3.63, 3.8) is 0 Å². The van der Waals surface area contributed by atoms with Gasteiger partial charge in [0.05, 0.1) is 0 Å². The number of piperidine rings is 1. The summed E-state index contributed by atoms with van der Waals surface area (Å²) in [6, 6.07) is 17.5. The lowest BCUT2D eigenvalue weighted by atomic mass is 9.81. The van der Waals surface area contributed by atoms with E-state index in [0.29, 0.717) is 11.7 Å². The Hall–Kier alpha value is -2.63. The highest BCUT2D eigenvalue weighted by atomic mass is 16.2. The molecule has 1 amide bonds. The van der Waals surface area contributed by atoms with Gasteiger partial charge in [-0.15, -0.1) is 0 Å². The molecule has 3 aliphatic rings. The molecule has 5 heteroatoms. The lowest BCUT2D eigenvalue weighted by molar-refractivity contribution is 0.0980. The van der Waals surface area contributed by atoms with E-state index in [1.165, 1.54) is 24.0 Å². The maximum atomic E-state index is 13.7. The summed E-state index contributed by atoms with van der Waals surface area (Å²) in [5, 5.41) is 4.66. The molecule has 1 unspecified atom stereocenters. The van der Waals surface area contributed by atoms with Crippen LogP contribution in [0.3, 0.4) is 0 Å². The Labute approximate surface area is 183 Å². The summed E-state index contributed by atoms with van der Waals surface area (Å²) in [4.78, 5) is 21.7. The molecule has 2 fully saturated rings. The van der Waals surface area contributed by atoms with Crippen LogP contribution in [0.2, 0.25) is 0 Å². The van der Waals surface area contributed by atoms with Crippen LogP contribution in [0.25, 0.3) is 10.9 Å². The number of carbonyl (C=O) groups excluding carboxylic acids is 1. The standard InChI is InChI=1S/C26H30N4O/c1-18-8-9-22-19(13-18)14-23(28-22)25(31)30-17-26(21-6-2-3-7-24(21)30)10-12-29(16-26)20-5-4-11-27-15-20/h2-3,6-9,13-14,20,27-28H,4-5,10-12,15-17H2,1H3/t20?,26-/m1/s1. The molecule has 3 aromatic rings. The fourth-order valence-electron chi connectivity index (χ4n) is 6.03. The van der Waals surface area contributed by atoms with Crippen molar-refractivity contribution in [1.29, 1.82) is 0 Å². The van der Waals surface area contributed by atoms with E-state index < -0.39 is 0 Å². The third-order valence-corrected chi connectivity index (χ3v) is 7.65. The first-order valence-corrected chi connectivity index (χ1v) is 11.6. The number of rotatable bonds is 2. The van der Waals surface area contributed by atoms with Crippen molar-refractivity contribution >= 4 is 22.5 Å². The number of nitrogens with zero attached hydrogens (tertiary/aromatic N) is 2. The second-order valence-corrected chi connectivity index (χ2v) is 9.68. The molecule has 31 heavy (non-hydrogen) atoms. The van der Waals surface area contributed by atoms with Crippen molar-refractivity contribution in [2.75, 3.05) is 37.6 Å². The third kappa shape index (κ3) is 3.10. The Bertz CT molecular complexity index is 1150. The Morgan fingerprint density at radius 2 is 2.03 bits per heavy atom. The molecule has 2 saturated heterocycles. The van der Waals surface area contributed by atoms with Gasteiger partial charge in [-0.25, -0.2) is 0 Å². The summed E-state index contributed by atoms with van der Waals surface area (Å²) in [6.45, 7) is 7.26. The van der Waals surface area contributed by atoms with Crippen LogP contribution in [-0.4, -0.2) is 54.6 Å². The van der Waals surface area contributed by atoms with Crippen molar-refractivity contribution in [3.8, 4) is 0 Å². The number of aromatic nitrogens is 1. The van der Waals surface area contributed by atoms with Gasteiger partial charge in [0.2, 0.25) is 0 Å². The minimum Gasteiger partial charge on any atom is -0.351 e. The van der Waals surface area contributed by atoms with E-state index in [4.69, 9.17) is 0 Å². The van der Waals surface area contributed by atoms with E-state index >= 15 is 0 Å². The van der Waals surface area contributed by atoms with Gasteiger partial charge in [0.25, 0.3) is 5.91 Å².